The second kappa shape index (κ2) is 6.39. The highest BCUT2D eigenvalue weighted by Crippen LogP contribution is 2.30. The highest BCUT2D eigenvalue weighted by Gasteiger charge is 2.19. The number of carbonyl (C=O) groups excluding carboxylic acids is 1. The fraction of sp³-hybridized carbons (Fsp3) is 0.929. The van der Waals surface area contributed by atoms with Crippen LogP contribution >= 0.6 is 0 Å². The summed E-state index contributed by atoms with van der Waals surface area (Å²) in [4.78, 5) is 11.6. The van der Waals surface area contributed by atoms with Crippen molar-refractivity contribution in [2.24, 2.45) is 5.92 Å². The van der Waals surface area contributed by atoms with Crippen LogP contribution in [0.25, 0.3) is 0 Å². The number of amides is 1. The first-order valence-electron chi connectivity index (χ1n) is 6.91. The van der Waals surface area contributed by atoms with Gasteiger partial charge in [0, 0.05) is 24.5 Å². The number of rotatable bonds is 6. The molecule has 1 aliphatic rings. The van der Waals surface area contributed by atoms with Crippen LogP contribution in [-0.4, -0.2) is 24.0 Å². The molecular weight excluding hydrogens is 212 g/mol. The van der Waals surface area contributed by atoms with E-state index in [9.17, 15) is 4.79 Å². The van der Waals surface area contributed by atoms with Crippen molar-refractivity contribution in [2.75, 3.05) is 6.54 Å². The van der Waals surface area contributed by atoms with E-state index in [2.05, 4.69) is 17.6 Å². The van der Waals surface area contributed by atoms with Crippen LogP contribution in [0.15, 0.2) is 0 Å². The third kappa shape index (κ3) is 6.67. The summed E-state index contributed by atoms with van der Waals surface area (Å²) in [7, 11) is 0. The van der Waals surface area contributed by atoms with Gasteiger partial charge in [-0.3, -0.25) is 4.79 Å². The van der Waals surface area contributed by atoms with Gasteiger partial charge < -0.3 is 10.6 Å². The number of carbonyl (C=O) groups is 1. The first kappa shape index (κ1) is 14.5. The van der Waals surface area contributed by atoms with Crippen molar-refractivity contribution in [1.29, 1.82) is 0 Å². The Kier molecular flexibility index (Phi) is 5.44. The first-order chi connectivity index (χ1) is 7.87. The summed E-state index contributed by atoms with van der Waals surface area (Å²) in [5, 5.41) is 6.41. The van der Waals surface area contributed by atoms with Crippen LogP contribution in [0.5, 0.6) is 0 Å². The fourth-order valence-electron chi connectivity index (χ4n) is 2.22. The molecule has 1 saturated carbocycles. The summed E-state index contributed by atoms with van der Waals surface area (Å²) in [6.45, 7) is 9.04. The number of hydrogen-bond acceptors (Lipinski definition) is 2. The van der Waals surface area contributed by atoms with E-state index in [1.165, 1.54) is 25.7 Å². The lowest BCUT2D eigenvalue weighted by atomic mass is 9.81. The van der Waals surface area contributed by atoms with Crippen molar-refractivity contribution in [3.05, 3.63) is 0 Å². The van der Waals surface area contributed by atoms with Crippen LogP contribution in [0.3, 0.4) is 0 Å². The first-order valence-corrected chi connectivity index (χ1v) is 6.91. The van der Waals surface area contributed by atoms with Crippen LogP contribution in [0, 0.1) is 5.92 Å². The van der Waals surface area contributed by atoms with Gasteiger partial charge in [-0.15, -0.1) is 0 Å². The quantitative estimate of drug-likeness (QED) is 0.749. The van der Waals surface area contributed by atoms with Crippen LogP contribution in [0.1, 0.15) is 59.8 Å². The van der Waals surface area contributed by atoms with Crippen molar-refractivity contribution in [1.82, 2.24) is 10.6 Å². The molecule has 2 N–H and O–H groups in total. The predicted molar refractivity (Wildman–Crippen MR) is 71.9 cm³/mol. The van der Waals surface area contributed by atoms with Gasteiger partial charge in [-0.05, 0) is 40.0 Å². The molecule has 1 amide bonds. The Morgan fingerprint density at radius 2 is 2.00 bits per heavy atom. The Balaban J connectivity index is 2.04. The summed E-state index contributed by atoms with van der Waals surface area (Å²) in [5.74, 6) is 1.07. The lowest BCUT2D eigenvalue weighted by Crippen LogP contribution is -2.42. The molecule has 1 fully saturated rings. The van der Waals surface area contributed by atoms with E-state index in [4.69, 9.17) is 0 Å². The minimum atomic E-state index is -0.116. The van der Waals surface area contributed by atoms with Gasteiger partial charge in [-0.25, -0.2) is 0 Å². The monoisotopic (exact) mass is 240 g/mol. The lowest BCUT2D eigenvalue weighted by molar-refractivity contribution is -0.122. The van der Waals surface area contributed by atoms with E-state index in [-0.39, 0.29) is 11.4 Å². The van der Waals surface area contributed by atoms with Gasteiger partial charge in [0.1, 0.15) is 0 Å². The molecule has 1 rings (SSSR count). The van der Waals surface area contributed by atoms with E-state index in [1.54, 1.807) is 0 Å². The van der Waals surface area contributed by atoms with Gasteiger partial charge >= 0.3 is 0 Å². The average Bonchev–Trinajstić information content (AvgIpc) is 2.08. The Labute approximate surface area is 106 Å². The topological polar surface area (TPSA) is 41.1 Å². The molecule has 0 radical (unpaired) electrons. The normalized spacial score (nSPS) is 18.6. The second-order valence-corrected chi connectivity index (χ2v) is 6.44. The van der Waals surface area contributed by atoms with Crippen molar-refractivity contribution in [3.8, 4) is 0 Å². The molecular formula is C14H28N2O. The smallest absolute Gasteiger partial charge is 0.221 e. The van der Waals surface area contributed by atoms with Crippen LogP contribution in [0.4, 0.5) is 0 Å². The van der Waals surface area contributed by atoms with Crippen molar-refractivity contribution in [3.63, 3.8) is 0 Å². The summed E-state index contributed by atoms with van der Waals surface area (Å²) in [6.07, 6.45) is 6.05. The van der Waals surface area contributed by atoms with Crippen LogP contribution in [-0.2, 0) is 4.79 Å². The third-order valence-corrected chi connectivity index (χ3v) is 3.27. The van der Waals surface area contributed by atoms with Gasteiger partial charge in [0.15, 0.2) is 0 Å². The van der Waals surface area contributed by atoms with E-state index in [0.29, 0.717) is 12.5 Å². The predicted octanol–water partition coefficient (Wildman–Crippen LogP) is 2.46. The molecule has 0 aliphatic heterocycles. The average molecular weight is 240 g/mol. The molecule has 3 nitrogen and oxygen atoms in total. The molecule has 0 aromatic rings. The van der Waals surface area contributed by atoms with E-state index in [0.717, 1.165) is 12.5 Å². The number of hydrogen-bond donors (Lipinski definition) is 2. The molecule has 3 heteroatoms. The van der Waals surface area contributed by atoms with E-state index >= 15 is 0 Å². The van der Waals surface area contributed by atoms with Gasteiger partial charge in [-0.2, -0.15) is 0 Å². The molecule has 17 heavy (non-hydrogen) atoms. The van der Waals surface area contributed by atoms with E-state index < -0.39 is 0 Å². The standard InChI is InChI=1S/C14H28N2O/c1-11(10-12-6-5-7-12)15-9-8-13(17)16-14(2,3)4/h11-12,15H,5-10H2,1-4H3,(H,16,17). The SMILES string of the molecule is CC(CC1CCC1)NCCC(=O)NC(C)(C)C. The van der Waals surface area contributed by atoms with E-state index in [1.807, 2.05) is 20.8 Å². The maximum absolute atomic E-state index is 11.6. The fourth-order valence-corrected chi connectivity index (χ4v) is 2.22. The minimum Gasteiger partial charge on any atom is -0.351 e. The van der Waals surface area contributed by atoms with Gasteiger partial charge in [0.05, 0.1) is 0 Å². The largest absolute Gasteiger partial charge is 0.351 e. The Morgan fingerprint density at radius 3 is 2.47 bits per heavy atom. The molecule has 0 aromatic carbocycles. The third-order valence-electron chi connectivity index (χ3n) is 3.27. The summed E-state index contributed by atoms with van der Waals surface area (Å²) < 4.78 is 0. The van der Waals surface area contributed by atoms with Gasteiger partial charge in [0.25, 0.3) is 0 Å². The van der Waals surface area contributed by atoms with Crippen molar-refractivity contribution in [2.45, 2.75) is 71.4 Å². The minimum absolute atomic E-state index is 0.116. The highest BCUT2D eigenvalue weighted by molar-refractivity contribution is 5.76. The van der Waals surface area contributed by atoms with Crippen LogP contribution < -0.4 is 10.6 Å². The van der Waals surface area contributed by atoms with Gasteiger partial charge in [0.2, 0.25) is 5.91 Å². The molecule has 1 atom stereocenters. The maximum atomic E-state index is 11.6. The van der Waals surface area contributed by atoms with Crippen LogP contribution in [0.2, 0.25) is 0 Å². The molecule has 0 bridgehead atoms. The lowest BCUT2D eigenvalue weighted by Gasteiger charge is -2.28. The summed E-state index contributed by atoms with van der Waals surface area (Å²) in [5.41, 5.74) is -0.116. The Hall–Kier alpha value is -0.570. The van der Waals surface area contributed by atoms with Crippen molar-refractivity contribution < 1.29 is 4.79 Å². The highest BCUT2D eigenvalue weighted by atomic mass is 16.1. The molecule has 0 heterocycles. The molecule has 100 valence electrons. The Morgan fingerprint density at radius 1 is 1.35 bits per heavy atom. The Bertz CT molecular complexity index is 241. The van der Waals surface area contributed by atoms with Gasteiger partial charge in [-0.1, -0.05) is 19.3 Å². The zero-order valence-corrected chi connectivity index (χ0v) is 11.8. The summed E-state index contributed by atoms with van der Waals surface area (Å²) >= 11 is 0. The summed E-state index contributed by atoms with van der Waals surface area (Å²) in [6, 6.07) is 0.544. The molecule has 0 saturated heterocycles. The molecule has 0 spiro atoms. The second-order valence-electron chi connectivity index (χ2n) is 6.44. The maximum Gasteiger partial charge on any atom is 0.221 e. The molecule has 1 aliphatic carbocycles. The zero-order valence-electron chi connectivity index (χ0n) is 11.8. The molecule has 1 unspecified atom stereocenters. The number of nitrogens with one attached hydrogen (secondary N) is 2. The van der Waals surface area contributed by atoms with Crippen molar-refractivity contribution >= 4 is 5.91 Å². The molecule has 0 aromatic heterocycles. The zero-order chi connectivity index (χ0) is 12.9.